The third kappa shape index (κ3) is 6.23. The van der Waals surface area contributed by atoms with E-state index in [4.69, 9.17) is 4.74 Å². The fourth-order valence-corrected chi connectivity index (χ4v) is 6.65. The number of carbonyl (C=O) groups excluding carboxylic acids is 1. The lowest BCUT2D eigenvalue weighted by atomic mass is 10.1. The average molecular weight is 594 g/mol. The first-order chi connectivity index (χ1) is 19.6. The van der Waals surface area contributed by atoms with E-state index in [1.807, 2.05) is 18.7 Å². The van der Waals surface area contributed by atoms with Crippen molar-refractivity contribution in [2.24, 2.45) is 5.16 Å². The van der Waals surface area contributed by atoms with E-state index in [-0.39, 0.29) is 30.5 Å². The van der Waals surface area contributed by atoms with E-state index in [1.54, 1.807) is 17.7 Å². The minimum absolute atomic E-state index is 0.0495. The summed E-state index contributed by atoms with van der Waals surface area (Å²) in [6.45, 7) is 7.38. The topological polar surface area (TPSA) is 181 Å². The Kier molecular flexibility index (Phi) is 9.35. The quantitative estimate of drug-likeness (QED) is 0.141. The molecule has 41 heavy (non-hydrogen) atoms. The third-order valence-electron chi connectivity index (χ3n) is 7.15. The first-order valence-corrected chi connectivity index (χ1v) is 14.8. The summed E-state index contributed by atoms with van der Waals surface area (Å²) in [5, 5.41) is 24.8. The number of oxime groups is 1. The molecule has 1 aromatic heterocycles. The van der Waals surface area contributed by atoms with Crippen LogP contribution in [0.25, 0.3) is 0 Å². The van der Waals surface area contributed by atoms with Crippen LogP contribution in [0.3, 0.4) is 0 Å². The van der Waals surface area contributed by atoms with Gasteiger partial charge in [-0.1, -0.05) is 18.5 Å². The van der Waals surface area contributed by atoms with E-state index in [2.05, 4.69) is 20.7 Å². The van der Waals surface area contributed by atoms with Crippen molar-refractivity contribution < 1.29 is 33.1 Å². The molecule has 1 unspecified atom stereocenters. The van der Waals surface area contributed by atoms with Crippen LogP contribution in [0.15, 0.2) is 28.3 Å². The molecule has 0 aliphatic carbocycles. The second-order valence-electron chi connectivity index (χ2n) is 9.63. The zero-order valence-electron chi connectivity index (χ0n) is 23.2. The number of ether oxygens (including phenoxy) is 1. The summed E-state index contributed by atoms with van der Waals surface area (Å²) in [6, 6.07) is 4.57. The van der Waals surface area contributed by atoms with Gasteiger partial charge in [0.1, 0.15) is 24.2 Å². The maximum atomic E-state index is 13.6. The second kappa shape index (κ2) is 12.7. The molecule has 16 heteroatoms. The molecule has 2 aliphatic heterocycles. The smallest absolute Gasteiger partial charge is 0.294 e. The highest BCUT2D eigenvalue weighted by molar-refractivity contribution is 7.89. The molecule has 2 aliphatic rings. The molecule has 1 atom stereocenters. The first kappa shape index (κ1) is 30.1. The van der Waals surface area contributed by atoms with Crippen LogP contribution in [-0.4, -0.2) is 90.7 Å². The number of fused-ring (bicyclic) bond motifs is 1. The average Bonchev–Trinajstić information content (AvgIpc) is 3.20. The third-order valence-corrected chi connectivity index (χ3v) is 9.05. The van der Waals surface area contributed by atoms with Gasteiger partial charge in [-0.2, -0.15) is 4.31 Å². The Hall–Kier alpha value is -3.89. The molecule has 2 aromatic rings. The number of rotatable bonds is 12. The molecule has 4 rings (SSSR count). The van der Waals surface area contributed by atoms with Gasteiger partial charge >= 0.3 is 0 Å². The normalized spacial score (nSPS) is 18.1. The van der Waals surface area contributed by atoms with Crippen LogP contribution >= 0.6 is 0 Å². The van der Waals surface area contributed by atoms with Gasteiger partial charge in [-0.15, -0.1) is 10.1 Å². The van der Waals surface area contributed by atoms with Crippen LogP contribution in [0.1, 0.15) is 59.3 Å². The molecular weight excluding hydrogens is 558 g/mol. The molecule has 0 radical (unpaired) electrons. The number of benzene rings is 1. The van der Waals surface area contributed by atoms with Crippen LogP contribution < -0.4 is 15.5 Å². The number of sulfonamides is 1. The molecule has 1 amide bonds. The van der Waals surface area contributed by atoms with Gasteiger partial charge in [0.25, 0.3) is 11.0 Å². The maximum Gasteiger partial charge on any atom is 0.294 e. The van der Waals surface area contributed by atoms with Gasteiger partial charge in [0.15, 0.2) is 0 Å². The summed E-state index contributed by atoms with van der Waals surface area (Å²) in [6.07, 6.45) is 1.87. The molecule has 15 nitrogen and oxygen atoms in total. The van der Waals surface area contributed by atoms with Gasteiger partial charge in [-0.3, -0.25) is 19.8 Å². The second-order valence-corrected chi connectivity index (χ2v) is 11.6. The number of nitrogens with zero attached hydrogens (tertiary/aromatic N) is 5. The van der Waals surface area contributed by atoms with Crippen LogP contribution in [0.2, 0.25) is 0 Å². The Labute approximate surface area is 237 Å². The van der Waals surface area contributed by atoms with Crippen molar-refractivity contribution in [1.29, 1.82) is 0 Å². The molecule has 1 fully saturated rings. The largest absolute Gasteiger partial charge is 0.493 e. The number of hydrogen-bond donors (Lipinski definition) is 3. The van der Waals surface area contributed by atoms with Gasteiger partial charge in [0.2, 0.25) is 10.0 Å². The number of aromatic nitrogens is 1. The lowest BCUT2D eigenvalue weighted by molar-refractivity contribution is -0.757. The van der Waals surface area contributed by atoms with Crippen LogP contribution in [0.4, 0.5) is 0 Å². The molecule has 0 spiro atoms. The Balaban J connectivity index is 1.62. The summed E-state index contributed by atoms with van der Waals surface area (Å²) in [4.78, 5) is 30.0. The summed E-state index contributed by atoms with van der Waals surface area (Å²) in [5.41, 5.74) is 6.16. The fourth-order valence-electron chi connectivity index (χ4n) is 5.19. The molecular formula is C25H35N7O8S. The van der Waals surface area contributed by atoms with Crippen LogP contribution in [0.5, 0.6) is 5.75 Å². The highest BCUT2D eigenvalue weighted by atomic mass is 32.2. The fraction of sp³-hybridized carbons (Fsp3) is 0.520. The highest BCUT2D eigenvalue weighted by Gasteiger charge is 2.34. The Morgan fingerprint density at radius 2 is 1.98 bits per heavy atom. The summed E-state index contributed by atoms with van der Waals surface area (Å²) in [7, 11) is -3.89. The molecule has 1 saturated heterocycles. The molecule has 1 aromatic carbocycles. The van der Waals surface area contributed by atoms with Crippen molar-refractivity contribution in [3.05, 3.63) is 56.4 Å². The standard InChI is InChI=1S/C25H35N7O8S/c1-4-6-21-20(16-26-34)17(3)23-25(33)27-24(28-31(21)23)19-15-18(7-8-22(19)39-5-2)41(37,38)30-11-9-29(10-12-30)13-14-40-32(35)36/h7-8,15-16,24,28,34H,4-6,9-14H2,1-3H3,(H,27,33)/b26-16+. The lowest BCUT2D eigenvalue weighted by Gasteiger charge is -2.34. The van der Waals surface area contributed by atoms with E-state index in [9.17, 15) is 28.5 Å². The number of amides is 1. The van der Waals surface area contributed by atoms with E-state index < -0.39 is 21.3 Å². The van der Waals surface area contributed by atoms with Gasteiger partial charge in [-0.25, -0.2) is 8.42 Å². The number of hydrogen-bond acceptors (Lipinski definition) is 11. The van der Waals surface area contributed by atoms with Gasteiger partial charge < -0.3 is 20.1 Å². The molecule has 0 bridgehead atoms. The monoisotopic (exact) mass is 593 g/mol. The minimum Gasteiger partial charge on any atom is -0.493 e. The van der Waals surface area contributed by atoms with E-state index in [1.165, 1.54) is 22.7 Å². The van der Waals surface area contributed by atoms with Crippen molar-refractivity contribution in [2.75, 3.05) is 51.4 Å². The summed E-state index contributed by atoms with van der Waals surface area (Å²) >= 11 is 0. The van der Waals surface area contributed by atoms with Crippen molar-refractivity contribution in [3.8, 4) is 5.75 Å². The molecule has 224 valence electrons. The van der Waals surface area contributed by atoms with E-state index in [0.29, 0.717) is 60.8 Å². The highest BCUT2D eigenvalue weighted by Crippen LogP contribution is 2.33. The van der Waals surface area contributed by atoms with Crippen molar-refractivity contribution in [3.63, 3.8) is 0 Å². The zero-order chi connectivity index (χ0) is 29.7. The molecule has 3 N–H and O–H groups in total. The van der Waals surface area contributed by atoms with Gasteiger partial charge in [0.05, 0.1) is 17.7 Å². The molecule has 0 saturated carbocycles. The summed E-state index contributed by atoms with van der Waals surface area (Å²) < 4.78 is 36.1. The van der Waals surface area contributed by atoms with E-state index in [0.717, 1.165) is 12.1 Å². The van der Waals surface area contributed by atoms with E-state index >= 15 is 0 Å². The van der Waals surface area contributed by atoms with Crippen molar-refractivity contribution in [2.45, 2.75) is 44.7 Å². The predicted octanol–water partition coefficient (Wildman–Crippen LogP) is 1.46. The predicted molar refractivity (Wildman–Crippen MR) is 148 cm³/mol. The molecule has 3 heterocycles. The Morgan fingerprint density at radius 3 is 2.61 bits per heavy atom. The van der Waals surface area contributed by atoms with Crippen LogP contribution in [-0.2, 0) is 21.3 Å². The Bertz CT molecular complexity index is 1420. The number of piperazine rings is 1. The number of carbonyl (C=O) groups is 1. The van der Waals surface area contributed by atoms with Crippen molar-refractivity contribution in [1.82, 2.24) is 19.2 Å². The first-order valence-electron chi connectivity index (χ1n) is 13.4. The SMILES string of the molecule is CCCc1c(/C=N/O)c(C)c2n1NC(c1cc(S(=O)(=O)N3CCN(CCO[N+](=O)[O-])CC3)ccc1OCC)NC2=O. The maximum absolute atomic E-state index is 13.6. The number of nitrogens with one attached hydrogen (secondary N) is 2. The van der Waals surface area contributed by atoms with Gasteiger partial charge in [0, 0.05) is 49.5 Å². The summed E-state index contributed by atoms with van der Waals surface area (Å²) in [5.74, 6) is 0.0513. The Morgan fingerprint density at radius 1 is 1.24 bits per heavy atom. The zero-order valence-corrected chi connectivity index (χ0v) is 24.0. The van der Waals surface area contributed by atoms with Crippen molar-refractivity contribution >= 4 is 22.1 Å². The van der Waals surface area contributed by atoms with Crippen LogP contribution in [0, 0.1) is 17.0 Å². The lowest BCUT2D eigenvalue weighted by Crippen LogP contribution is -2.49. The van der Waals surface area contributed by atoms with Gasteiger partial charge in [-0.05, 0) is 44.0 Å². The minimum atomic E-state index is -3.89.